The lowest BCUT2D eigenvalue weighted by Crippen LogP contribution is -2.28. The Balaban J connectivity index is 2.05. The summed E-state index contributed by atoms with van der Waals surface area (Å²) in [5.74, 6) is 1.71. The summed E-state index contributed by atoms with van der Waals surface area (Å²) in [7, 11) is 0. The van der Waals surface area contributed by atoms with Gasteiger partial charge >= 0.3 is 5.69 Å². The van der Waals surface area contributed by atoms with Crippen molar-refractivity contribution in [2.75, 3.05) is 5.32 Å². The number of nitrogens with zero attached hydrogens (tertiary/aromatic N) is 5. The lowest BCUT2D eigenvalue weighted by molar-refractivity contribution is -0.385. The molecule has 2 heterocycles. The predicted molar refractivity (Wildman–Crippen MR) is 90.2 cm³/mol. The van der Waals surface area contributed by atoms with Crippen LogP contribution in [0.2, 0.25) is 0 Å². The molecule has 0 fully saturated rings. The Kier molecular flexibility index (Phi) is 4.28. The highest BCUT2D eigenvalue weighted by molar-refractivity contribution is 5.54. The quantitative estimate of drug-likeness (QED) is 0.526. The second-order valence-electron chi connectivity index (χ2n) is 6.06. The maximum absolute atomic E-state index is 11.5. The SMILES string of the molecule is Cc1nc(N[C@H]2C=CCC[C@@H]2C)nc(-n2ccnc2C)c1[N+](=O)[O-]. The molecule has 2 aromatic heterocycles. The minimum absolute atomic E-state index is 0.103. The Labute approximate surface area is 139 Å². The molecular weight excluding hydrogens is 308 g/mol. The van der Waals surface area contributed by atoms with E-state index in [0.717, 1.165) is 12.8 Å². The number of aromatic nitrogens is 4. The fraction of sp³-hybridized carbons (Fsp3) is 0.438. The summed E-state index contributed by atoms with van der Waals surface area (Å²) in [4.78, 5) is 23.8. The third-order valence-electron chi connectivity index (χ3n) is 4.32. The van der Waals surface area contributed by atoms with E-state index in [4.69, 9.17) is 0 Å². The summed E-state index contributed by atoms with van der Waals surface area (Å²) in [5.41, 5.74) is 0.224. The fourth-order valence-corrected chi connectivity index (χ4v) is 2.91. The first-order valence-corrected chi connectivity index (χ1v) is 7.94. The van der Waals surface area contributed by atoms with Crippen molar-refractivity contribution in [2.24, 2.45) is 5.92 Å². The van der Waals surface area contributed by atoms with Crippen LogP contribution in [0.3, 0.4) is 0 Å². The molecule has 24 heavy (non-hydrogen) atoms. The lowest BCUT2D eigenvalue weighted by Gasteiger charge is -2.25. The van der Waals surface area contributed by atoms with Crippen molar-refractivity contribution in [3.63, 3.8) is 0 Å². The van der Waals surface area contributed by atoms with Gasteiger partial charge in [-0.25, -0.2) is 9.97 Å². The maximum Gasteiger partial charge on any atom is 0.333 e. The Hall–Kier alpha value is -2.77. The number of nitrogens with one attached hydrogen (secondary N) is 1. The zero-order chi connectivity index (χ0) is 17.3. The van der Waals surface area contributed by atoms with Gasteiger partial charge in [-0.15, -0.1) is 0 Å². The summed E-state index contributed by atoms with van der Waals surface area (Å²) in [6.45, 7) is 5.57. The molecule has 2 aromatic rings. The molecule has 8 nitrogen and oxygen atoms in total. The molecule has 0 unspecified atom stereocenters. The average molecular weight is 328 g/mol. The number of nitro groups is 1. The molecule has 0 amide bonds. The number of aryl methyl sites for hydroxylation is 2. The van der Waals surface area contributed by atoms with Crippen molar-refractivity contribution in [3.05, 3.63) is 46.2 Å². The van der Waals surface area contributed by atoms with Gasteiger partial charge in [0, 0.05) is 18.4 Å². The van der Waals surface area contributed by atoms with Gasteiger partial charge in [0.2, 0.25) is 11.8 Å². The number of imidazole rings is 1. The van der Waals surface area contributed by atoms with Crippen LogP contribution in [0.5, 0.6) is 0 Å². The summed E-state index contributed by atoms with van der Waals surface area (Å²) >= 11 is 0. The third-order valence-corrected chi connectivity index (χ3v) is 4.32. The minimum Gasteiger partial charge on any atom is -0.348 e. The van der Waals surface area contributed by atoms with Gasteiger partial charge in [-0.1, -0.05) is 19.1 Å². The van der Waals surface area contributed by atoms with Crippen molar-refractivity contribution < 1.29 is 4.92 Å². The van der Waals surface area contributed by atoms with E-state index in [2.05, 4.69) is 39.3 Å². The molecule has 1 N–H and O–H groups in total. The normalized spacial score (nSPS) is 20.1. The summed E-state index contributed by atoms with van der Waals surface area (Å²) in [6.07, 6.45) is 9.66. The zero-order valence-electron chi connectivity index (χ0n) is 13.9. The number of hydrogen-bond donors (Lipinski definition) is 1. The van der Waals surface area contributed by atoms with Gasteiger partial charge in [-0.2, -0.15) is 4.98 Å². The van der Waals surface area contributed by atoms with Crippen molar-refractivity contribution in [1.29, 1.82) is 0 Å². The van der Waals surface area contributed by atoms with Crippen LogP contribution < -0.4 is 5.32 Å². The standard InChI is InChI=1S/C16H20N6O2/c1-10-6-4-5-7-13(10)19-16-18-11(2)14(22(23)24)15(20-16)21-9-8-17-12(21)3/h5,7-10,13H,4,6H2,1-3H3,(H,18,19,20)/t10-,13-/m0/s1. The first kappa shape index (κ1) is 16.1. The Morgan fingerprint density at radius 1 is 1.38 bits per heavy atom. The van der Waals surface area contributed by atoms with E-state index in [1.165, 1.54) is 0 Å². The average Bonchev–Trinajstić information content (AvgIpc) is 2.94. The van der Waals surface area contributed by atoms with E-state index in [9.17, 15) is 10.1 Å². The monoisotopic (exact) mass is 328 g/mol. The van der Waals surface area contributed by atoms with Crippen LogP contribution in [-0.4, -0.2) is 30.5 Å². The van der Waals surface area contributed by atoms with Gasteiger partial charge in [-0.3, -0.25) is 14.7 Å². The molecule has 1 aliphatic carbocycles. The van der Waals surface area contributed by atoms with E-state index >= 15 is 0 Å². The van der Waals surface area contributed by atoms with Crippen LogP contribution in [0.25, 0.3) is 5.82 Å². The first-order valence-electron chi connectivity index (χ1n) is 7.94. The summed E-state index contributed by atoms with van der Waals surface area (Å²) in [6, 6.07) is 0.122. The van der Waals surface area contributed by atoms with Crippen LogP contribution in [0.15, 0.2) is 24.5 Å². The molecule has 0 aliphatic heterocycles. The van der Waals surface area contributed by atoms with Crippen molar-refractivity contribution in [3.8, 4) is 5.82 Å². The highest BCUT2D eigenvalue weighted by Gasteiger charge is 2.26. The zero-order valence-corrected chi connectivity index (χ0v) is 13.9. The predicted octanol–water partition coefficient (Wildman–Crippen LogP) is 2.95. The second-order valence-corrected chi connectivity index (χ2v) is 6.06. The molecule has 0 spiro atoms. The topological polar surface area (TPSA) is 98.8 Å². The van der Waals surface area contributed by atoms with Crippen molar-refractivity contribution >= 4 is 11.6 Å². The van der Waals surface area contributed by atoms with Gasteiger partial charge in [0.15, 0.2) is 0 Å². The van der Waals surface area contributed by atoms with E-state index in [1.54, 1.807) is 30.8 Å². The summed E-state index contributed by atoms with van der Waals surface area (Å²) in [5, 5.41) is 14.8. The van der Waals surface area contributed by atoms with Crippen LogP contribution in [0.4, 0.5) is 11.6 Å². The van der Waals surface area contributed by atoms with Gasteiger partial charge in [0.25, 0.3) is 0 Å². The van der Waals surface area contributed by atoms with E-state index in [-0.39, 0.29) is 17.5 Å². The van der Waals surface area contributed by atoms with E-state index < -0.39 is 4.92 Å². The number of hydrogen-bond acceptors (Lipinski definition) is 6. The Morgan fingerprint density at radius 3 is 2.79 bits per heavy atom. The van der Waals surface area contributed by atoms with Gasteiger partial charge in [0.1, 0.15) is 11.5 Å². The van der Waals surface area contributed by atoms with Gasteiger partial charge in [0.05, 0.1) is 4.92 Å². The molecule has 0 radical (unpaired) electrons. The van der Waals surface area contributed by atoms with Crippen LogP contribution in [0.1, 0.15) is 31.3 Å². The third kappa shape index (κ3) is 2.99. The number of rotatable bonds is 4. The fourth-order valence-electron chi connectivity index (χ4n) is 2.91. The molecule has 8 heteroatoms. The molecule has 1 aliphatic rings. The van der Waals surface area contributed by atoms with Crippen LogP contribution in [-0.2, 0) is 0 Å². The lowest BCUT2D eigenvalue weighted by atomic mass is 9.91. The number of allylic oxidation sites excluding steroid dienone is 1. The molecule has 0 saturated carbocycles. The Morgan fingerprint density at radius 2 is 2.17 bits per heavy atom. The molecule has 0 saturated heterocycles. The first-order chi connectivity index (χ1) is 11.5. The van der Waals surface area contributed by atoms with E-state index in [1.807, 2.05) is 0 Å². The van der Waals surface area contributed by atoms with Crippen LogP contribution >= 0.6 is 0 Å². The van der Waals surface area contributed by atoms with Crippen molar-refractivity contribution in [2.45, 2.75) is 39.7 Å². The Bertz CT molecular complexity index is 798. The molecule has 0 aromatic carbocycles. The smallest absolute Gasteiger partial charge is 0.333 e. The highest BCUT2D eigenvalue weighted by Crippen LogP contribution is 2.27. The molecule has 0 bridgehead atoms. The molecule has 3 rings (SSSR count). The second kappa shape index (κ2) is 6.38. The molecule has 2 atom stereocenters. The minimum atomic E-state index is -0.447. The van der Waals surface area contributed by atoms with Gasteiger partial charge < -0.3 is 5.32 Å². The largest absolute Gasteiger partial charge is 0.348 e. The number of anilines is 1. The highest BCUT2D eigenvalue weighted by atomic mass is 16.6. The molecular formula is C16H20N6O2. The van der Waals surface area contributed by atoms with Crippen molar-refractivity contribution in [1.82, 2.24) is 19.5 Å². The maximum atomic E-state index is 11.5. The summed E-state index contributed by atoms with van der Waals surface area (Å²) < 4.78 is 1.61. The van der Waals surface area contributed by atoms with Gasteiger partial charge in [-0.05, 0) is 32.6 Å². The van der Waals surface area contributed by atoms with E-state index in [0.29, 0.717) is 23.4 Å². The molecule has 126 valence electrons. The van der Waals surface area contributed by atoms with Crippen LogP contribution in [0, 0.1) is 29.9 Å².